The lowest BCUT2D eigenvalue weighted by molar-refractivity contribution is -0.140. The van der Waals surface area contributed by atoms with E-state index < -0.39 is 28.5 Å². The van der Waals surface area contributed by atoms with E-state index in [1.165, 1.54) is 29.2 Å². The van der Waals surface area contributed by atoms with Crippen LogP contribution in [0.25, 0.3) is 0 Å². The number of sulfonamides is 1. The van der Waals surface area contributed by atoms with Crippen LogP contribution in [0, 0.1) is 6.92 Å². The van der Waals surface area contributed by atoms with Crippen molar-refractivity contribution in [1.82, 2.24) is 10.2 Å². The summed E-state index contributed by atoms with van der Waals surface area (Å²) in [5.74, 6) is -0.192. The first-order valence-corrected chi connectivity index (χ1v) is 15.0. The third-order valence-electron chi connectivity index (χ3n) is 6.42. The van der Waals surface area contributed by atoms with Crippen molar-refractivity contribution in [3.63, 3.8) is 0 Å². The van der Waals surface area contributed by atoms with Gasteiger partial charge in [-0.3, -0.25) is 13.9 Å². The van der Waals surface area contributed by atoms with Crippen LogP contribution in [0.5, 0.6) is 5.75 Å². The van der Waals surface area contributed by atoms with Crippen molar-refractivity contribution >= 4 is 39.1 Å². The van der Waals surface area contributed by atoms with Gasteiger partial charge in [-0.15, -0.1) is 0 Å². The molecule has 3 aromatic carbocycles. The molecule has 10 heteroatoms. The molecule has 3 aromatic rings. The molecule has 0 aliphatic heterocycles. The number of nitrogens with one attached hydrogen (secondary N) is 1. The summed E-state index contributed by atoms with van der Waals surface area (Å²) in [7, 11) is -2.60. The molecule has 1 unspecified atom stereocenters. The number of aryl methyl sites for hydroxylation is 1. The summed E-state index contributed by atoms with van der Waals surface area (Å²) in [5, 5.41) is 3.27. The highest BCUT2D eigenvalue weighted by Crippen LogP contribution is 2.26. The number of methoxy groups -OCH3 is 1. The molecule has 40 heavy (non-hydrogen) atoms. The SMILES string of the molecule is CCCNC(=O)C(CC)N(Cc1cccc(OC)c1)C(=O)CN(c1ccc(C)cc1)S(=O)(=O)c1ccc(Cl)cc1. The number of amides is 2. The molecular formula is C30H36ClN3O5S. The van der Waals surface area contributed by atoms with E-state index >= 15 is 0 Å². The Morgan fingerprint density at radius 3 is 2.27 bits per heavy atom. The number of carbonyl (C=O) groups excluding carboxylic acids is 2. The highest BCUT2D eigenvalue weighted by Gasteiger charge is 2.33. The molecule has 0 saturated carbocycles. The summed E-state index contributed by atoms with van der Waals surface area (Å²) in [6.45, 7) is 5.72. The van der Waals surface area contributed by atoms with Crippen molar-refractivity contribution in [1.29, 1.82) is 0 Å². The Bertz CT molecular complexity index is 1400. The number of hydrogen-bond acceptors (Lipinski definition) is 5. The normalized spacial score (nSPS) is 11.9. The lowest BCUT2D eigenvalue weighted by atomic mass is 10.1. The average Bonchev–Trinajstić information content (AvgIpc) is 2.95. The molecule has 0 radical (unpaired) electrons. The Morgan fingerprint density at radius 1 is 1.00 bits per heavy atom. The van der Waals surface area contributed by atoms with Gasteiger partial charge in [-0.2, -0.15) is 0 Å². The Kier molecular flexibility index (Phi) is 11.0. The van der Waals surface area contributed by atoms with Crippen molar-refractivity contribution in [3.8, 4) is 5.75 Å². The number of nitrogens with zero attached hydrogens (tertiary/aromatic N) is 2. The van der Waals surface area contributed by atoms with Gasteiger partial charge in [-0.05, 0) is 73.9 Å². The highest BCUT2D eigenvalue weighted by molar-refractivity contribution is 7.92. The van der Waals surface area contributed by atoms with Crippen LogP contribution in [0.3, 0.4) is 0 Å². The molecule has 214 valence electrons. The summed E-state index contributed by atoms with van der Waals surface area (Å²) in [5.41, 5.74) is 2.02. The molecule has 8 nitrogen and oxygen atoms in total. The van der Waals surface area contributed by atoms with Crippen LogP contribution in [-0.4, -0.2) is 51.4 Å². The topological polar surface area (TPSA) is 96.0 Å². The smallest absolute Gasteiger partial charge is 0.264 e. The van der Waals surface area contributed by atoms with Gasteiger partial charge in [0, 0.05) is 18.1 Å². The molecule has 0 bridgehead atoms. The van der Waals surface area contributed by atoms with E-state index in [9.17, 15) is 18.0 Å². The number of hydrogen-bond donors (Lipinski definition) is 1. The number of ether oxygens (including phenoxy) is 1. The van der Waals surface area contributed by atoms with Crippen LogP contribution in [-0.2, 0) is 26.2 Å². The monoisotopic (exact) mass is 585 g/mol. The van der Waals surface area contributed by atoms with Gasteiger partial charge in [0.15, 0.2) is 0 Å². The second-order valence-electron chi connectivity index (χ2n) is 9.39. The van der Waals surface area contributed by atoms with Crippen molar-refractivity contribution in [3.05, 3.63) is 88.9 Å². The molecule has 0 spiro atoms. The number of rotatable bonds is 13. The fourth-order valence-corrected chi connectivity index (χ4v) is 5.77. The first-order valence-electron chi connectivity index (χ1n) is 13.2. The molecule has 2 amide bonds. The third kappa shape index (κ3) is 7.76. The summed E-state index contributed by atoms with van der Waals surface area (Å²) in [6.07, 6.45) is 1.09. The quantitative estimate of drug-likeness (QED) is 0.298. The highest BCUT2D eigenvalue weighted by atomic mass is 35.5. The molecule has 0 heterocycles. The molecule has 1 N–H and O–H groups in total. The van der Waals surface area contributed by atoms with E-state index in [-0.39, 0.29) is 17.3 Å². The van der Waals surface area contributed by atoms with Crippen LogP contribution in [0.2, 0.25) is 5.02 Å². The second kappa shape index (κ2) is 14.2. The van der Waals surface area contributed by atoms with E-state index in [0.717, 1.165) is 21.9 Å². The molecular weight excluding hydrogens is 550 g/mol. The molecule has 1 atom stereocenters. The number of carbonyl (C=O) groups is 2. The number of halogens is 1. The summed E-state index contributed by atoms with van der Waals surface area (Å²) >= 11 is 6.00. The van der Waals surface area contributed by atoms with Gasteiger partial charge < -0.3 is 15.0 Å². The average molecular weight is 586 g/mol. The molecule has 0 fully saturated rings. The van der Waals surface area contributed by atoms with Crippen LogP contribution in [0.1, 0.15) is 37.8 Å². The molecule has 3 rings (SSSR count). The Labute approximate surface area is 241 Å². The zero-order valence-electron chi connectivity index (χ0n) is 23.3. The van der Waals surface area contributed by atoms with E-state index in [1.807, 2.05) is 26.8 Å². The summed E-state index contributed by atoms with van der Waals surface area (Å²) < 4.78 is 34.1. The number of benzene rings is 3. The first-order chi connectivity index (χ1) is 19.1. The third-order valence-corrected chi connectivity index (χ3v) is 8.46. The lowest BCUT2D eigenvalue weighted by Gasteiger charge is -2.33. The summed E-state index contributed by atoms with van der Waals surface area (Å²) in [4.78, 5) is 28.7. The molecule has 0 aromatic heterocycles. The van der Waals surface area contributed by atoms with E-state index in [0.29, 0.717) is 29.4 Å². The Hall–Kier alpha value is -3.56. The van der Waals surface area contributed by atoms with Gasteiger partial charge in [-0.1, -0.05) is 55.3 Å². The lowest BCUT2D eigenvalue weighted by Crippen LogP contribution is -2.52. The minimum atomic E-state index is -4.16. The van der Waals surface area contributed by atoms with Crippen LogP contribution < -0.4 is 14.4 Å². The van der Waals surface area contributed by atoms with Gasteiger partial charge in [0.05, 0.1) is 17.7 Å². The molecule has 0 aliphatic rings. The maximum absolute atomic E-state index is 14.1. The first kappa shape index (κ1) is 31.0. The molecule has 0 saturated heterocycles. The number of anilines is 1. The fourth-order valence-electron chi connectivity index (χ4n) is 4.23. The van der Waals surface area contributed by atoms with E-state index in [2.05, 4.69) is 5.32 Å². The minimum Gasteiger partial charge on any atom is -0.497 e. The van der Waals surface area contributed by atoms with E-state index in [4.69, 9.17) is 16.3 Å². The largest absolute Gasteiger partial charge is 0.497 e. The molecule has 0 aliphatic carbocycles. The van der Waals surface area contributed by atoms with Crippen LogP contribution >= 0.6 is 11.6 Å². The van der Waals surface area contributed by atoms with Crippen molar-refractivity contribution < 1.29 is 22.7 Å². The maximum atomic E-state index is 14.1. The zero-order valence-corrected chi connectivity index (χ0v) is 24.8. The Morgan fingerprint density at radius 2 is 1.68 bits per heavy atom. The van der Waals surface area contributed by atoms with Gasteiger partial charge in [0.1, 0.15) is 18.3 Å². The maximum Gasteiger partial charge on any atom is 0.264 e. The van der Waals surface area contributed by atoms with Crippen molar-refractivity contribution in [2.24, 2.45) is 0 Å². The van der Waals surface area contributed by atoms with Gasteiger partial charge in [-0.25, -0.2) is 8.42 Å². The standard InChI is InChI=1S/C30H36ClN3O5S/c1-5-18-32-30(36)28(6-2)33(20-23-8-7-9-26(19-23)39-4)29(35)21-34(25-14-10-22(3)11-15-25)40(37,38)27-16-12-24(31)13-17-27/h7-17,19,28H,5-6,18,20-21H2,1-4H3,(H,32,36). The van der Waals surface area contributed by atoms with Crippen LogP contribution in [0.4, 0.5) is 5.69 Å². The second-order valence-corrected chi connectivity index (χ2v) is 11.7. The van der Waals surface area contributed by atoms with Crippen molar-refractivity contribution in [2.45, 2.75) is 51.1 Å². The Balaban J connectivity index is 2.05. The predicted octanol–water partition coefficient (Wildman–Crippen LogP) is 5.19. The summed E-state index contributed by atoms with van der Waals surface area (Å²) in [6, 6.07) is 19.1. The van der Waals surface area contributed by atoms with Crippen molar-refractivity contribution in [2.75, 3.05) is 24.5 Å². The predicted molar refractivity (Wildman–Crippen MR) is 158 cm³/mol. The fraction of sp³-hybridized carbons (Fsp3) is 0.333. The van der Waals surface area contributed by atoms with Gasteiger partial charge in [0.25, 0.3) is 10.0 Å². The minimum absolute atomic E-state index is 0.00245. The van der Waals surface area contributed by atoms with Gasteiger partial charge >= 0.3 is 0 Å². The van der Waals surface area contributed by atoms with Crippen LogP contribution in [0.15, 0.2) is 77.7 Å². The van der Waals surface area contributed by atoms with Gasteiger partial charge in [0.2, 0.25) is 11.8 Å². The van der Waals surface area contributed by atoms with E-state index in [1.54, 1.807) is 49.6 Å². The zero-order chi connectivity index (χ0) is 29.3.